The van der Waals surface area contributed by atoms with E-state index in [2.05, 4.69) is 4.72 Å². The van der Waals surface area contributed by atoms with E-state index < -0.39 is 15.9 Å². The molecular formula is C14H15N3O3S. The number of primary amides is 1. The molecule has 0 bridgehead atoms. The average molecular weight is 305 g/mol. The summed E-state index contributed by atoms with van der Waals surface area (Å²) in [4.78, 5) is 11.1. The van der Waals surface area contributed by atoms with Crippen LogP contribution in [0.1, 0.15) is 15.9 Å². The maximum Gasteiger partial charge on any atom is 0.262 e. The van der Waals surface area contributed by atoms with Crippen molar-refractivity contribution in [3.63, 3.8) is 0 Å². The minimum Gasteiger partial charge on any atom is -0.366 e. The van der Waals surface area contributed by atoms with Crippen LogP contribution < -0.4 is 16.2 Å². The summed E-state index contributed by atoms with van der Waals surface area (Å²) in [6.07, 6.45) is 0. The summed E-state index contributed by atoms with van der Waals surface area (Å²) >= 11 is 0. The first-order valence-corrected chi connectivity index (χ1v) is 7.63. The molecule has 0 aromatic heterocycles. The molecule has 0 radical (unpaired) electrons. The summed E-state index contributed by atoms with van der Waals surface area (Å²) in [5, 5.41) is 0. The van der Waals surface area contributed by atoms with Gasteiger partial charge >= 0.3 is 0 Å². The van der Waals surface area contributed by atoms with E-state index in [0.29, 0.717) is 16.8 Å². The number of carbonyl (C=O) groups excluding carboxylic acids is 1. The Hall–Kier alpha value is -2.38. The zero-order valence-electron chi connectivity index (χ0n) is 11.1. The van der Waals surface area contributed by atoms with E-state index in [1.54, 1.807) is 18.2 Å². The molecule has 0 heterocycles. The monoisotopic (exact) mass is 305 g/mol. The number of sulfonamides is 1. The molecule has 0 saturated carbocycles. The number of hydrogen-bond acceptors (Lipinski definition) is 4. The summed E-state index contributed by atoms with van der Waals surface area (Å²) in [5.74, 6) is -0.571. The van der Waals surface area contributed by atoms with Crippen molar-refractivity contribution < 1.29 is 13.2 Å². The van der Waals surface area contributed by atoms with Gasteiger partial charge in [0, 0.05) is 17.8 Å². The molecule has 110 valence electrons. The third-order valence-corrected chi connectivity index (χ3v) is 4.39. The van der Waals surface area contributed by atoms with Crippen LogP contribution in [0.3, 0.4) is 0 Å². The molecular weight excluding hydrogens is 290 g/mol. The third-order valence-electron chi connectivity index (χ3n) is 2.90. The normalized spacial score (nSPS) is 11.1. The van der Waals surface area contributed by atoms with Crippen LogP contribution in [0.25, 0.3) is 0 Å². The quantitative estimate of drug-likeness (QED) is 0.765. The van der Waals surface area contributed by atoms with Crippen LogP contribution >= 0.6 is 0 Å². The fourth-order valence-electron chi connectivity index (χ4n) is 1.85. The topological polar surface area (TPSA) is 115 Å². The number of benzene rings is 2. The second-order valence-electron chi connectivity index (χ2n) is 4.36. The fraction of sp³-hybridized carbons (Fsp3) is 0.0714. The molecule has 5 N–H and O–H groups in total. The molecule has 1 amide bonds. The molecule has 2 rings (SSSR count). The lowest BCUT2D eigenvalue weighted by molar-refractivity contribution is 0.100. The molecule has 0 unspecified atom stereocenters. The van der Waals surface area contributed by atoms with E-state index in [1.165, 1.54) is 30.3 Å². The highest BCUT2D eigenvalue weighted by Crippen LogP contribution is 2.19. The number of amides is 1. The van der Waals surface area contributed by atoms with E-state index in [-0.39, 0.29) is 11.4 Å². The van der Waals surface area contributed by atoms with Crippen molar-refractivity contribution in [2.24, 2.45) is 11.5 Å². The van der Waals surface area contributed by atoms with Gasteiger partial charge in [-0.3, -0.25) is 9.52 Å². The molecule has 7 heteroatoms. The third kappa shape index (κ3) is 3.39. The molecule has 21 heavy (non-hydrogen) atoms. The van der Waals surface area contributed by atoms with Gasteiger partial charge in [-0.2, -0.15) is 0 Å². The number of carbonyl (C=O) groups is 1. The van der Waals surface area contributed by atoms with Gasteiger partial charge in [0.1, 0.15) is 0 Å². The van der Waals surface area contributed by atoms with E-state index in [1.807, 2.05) is 0 Å². The van der Waals surface area contributed by atoms with E-state index in [0.717, 1.165) is 0 Å². The highest BCUT2D eigenvalue weighted by Gasteiger charge is 2.17. The zero-order chi connectivity index (χ0) is 15.5. The predicted octanol–water partition coefficient (Wildman–Crippen LogP) is 1.04. The Morgan fingerprint density at radius 2 is 1.67 bits per heavy atom. The Morgan fingerprint density at radius 1 is 1.05 bits per heavy atom. The molecule has 0 aliphatic heterocycles. The lowest BCUT2D eigenvalue weighted by atomic mass is 10.2. The molecule has 2 aromatic rings. The maximum absolute atomic E-state index is 12.3. The number of nitrogens with two attached hydrogens (primary N) is 2. The van der Waals surface area contributed by atoms with E-state index >= 15 is 0 Å². The van der Waals surface area contributed by atoms with Crippen LogP contribution in [0.15, 0.2) is 53.4 Å². The van der Waals surface area contributed by atoms with Crippen molar-refractivity contribution in [2.45, 2.75) is 11.4 Å². The van der Waals surface area contributed by atoms with Crippen LogP contribution in [0.4, 0.5) is 5.69 Å². The maximum atomic E-state index is 12.3. The summed E-state index contributed by atoms with van der Waals surface area (Å²) in [5.41, 5.74) is 11.9. The number of hydrogen-bond donors (Lipinski definition) is 3. The summed E-state index contributed by atoms with van der Waals surface area (Å²) in [6.45, 7) is 0.123. The highest BCUT2D eigenvalue weighted by molar-refractivity contribution is 7.92. The Labute approximate surface area is 122 Å². The SMILES string of the molecule is NCc1ccccc1S(=O)(=O)Nc1ccc(C(N)=O)cc1. The van der Waals surface area contributed by atoms with Gasteiger partial charge in [0.2, 0.25) is 5.91 Å². The van der Waals surface area contributed by atoms with Gasteiger partial charge in [-0.25, -0.2) is 8.42 Å². The van der Waals surface area contributed by atoms with Crippen molar-refractivity contribution in [1.82, 2.24) is 0 Å². The summed E-state index contributed by atoms with van der Waals surface area (Å²) < 4.78 is 27.1. The van der Waals surface area contributed by atoms with Crippen molar-refractivity contribution in [3.05, 3.63) is 59.7 Å². The fourth-order valence-corrected chi connectivity index (χ4v) is 3.16. The zero-order valence-corrected chi connectivity index (χ0v) is 11.9. The van der Waals surface area contributed by atoms with Crippen molar-refractivity contribution in [3.8, 4) is 0 Å². The van der Waals surface area contributed by atoms with Crippen LogP contribution in [0.5, 0.6) is 0 Å². The predicted molar refractivity (Wildman–Crippen MR) is 80.1 cm³/mol. The minimum absolute atomic E-state index is 0.123. The summed E-state index contributed by atoms with van der Waals surface area (Å²) in [6, 6.07) is 12.4. The van der Waals surface area contributed by atoms with Crippen LogP contribution in [0, 0.1) is 0 Å². The lowest BCUT2D eigenvalue weighted by Gasteiger charge is -2.11. The second kappa shape index (κ2) is 5.94. The molecule has 0 atom stereocenters. The minimum atomic E-state index is -3.74. The molecule has 6 nitrogen and oxygen atoms in total. The number of rotatable bonds is 5. The van der Waals surface area contributed by atoms with Crippen molar-refractivity contribution >= 4 is 21.6 Å². The van der Waals surface area contributed by atoms with Crippen LogP contribution in [0.2, 0.25) is 0 Å². The molecule has 2 aromatic carbocycles. The Bertz CT molecular complexity index is 755. The Kier molecular flexibility index (Phi) is 4.25. The molecule has 0 aliphatic carbocycles. The second-order valence-corrected chi connectivity index (χ2v) is 6.01. The van der Waals surface area contributed by atoms with Gasteiger partial charge in [0.25, 0.3) is 10.0 Å². The van der Waals surface area contributed by atoms with Crippen LogP contribution in [-0.4, -0.2) is 14.3 Å². The van der Waals surface area contributed by atoms with Gasteiger partial charge in [-0.15, -0.1) is 0 Å². The standard InChI is InChI=1S/C14H15N3O3S/c15-9-11-3-1-2-4-13(11)21(19,20)17-12-7-5-10(6-8-12)14(16)18/h1-8,17H,9,15H2,(H2,16,18). The lowest BCUT2D eigenvalue weighted by Crippen LogP contribution is -2.16. The molecule has 0 fully saturated rings. The summed E-state index contributed by atoms with van der Waals surface area (Å²) in [7, 11) is -3.74. The van der Waals surface area contributed by atoms with Gasteiger partial charge in [0.15, 0.2) is 0 Å². The Morgan fingerprint density at radius 3 is 2.24 bits per heavy atom. The first kappa shape index (κ1) is 15.0. The van der Waals surface area contributed by atoms with E-state index in [4.69, 9.17) is 11.5 Å². The number of nitrogens with one attached hydrogen (secondary N) is 1. The van der Waals surface area contributed by atoms with Crippen LogP contribution in [-0.2, 0) is 16.6 Å². The molecule has 0 saturated heterocycles. The first-order chi connectivity index (χ1) is 9.94. The van der Waals surface area contributed by atoms with Gasteiger partial charge in [-0.1, -0.05) is 18.2 Å². The van der Waals surface area contributed by atoms with Crippen molar-refractivity contribution in [1.29, 1.82) is 0 Å². The Balaban J connectivity index is 2.31. The van der Waals surface area contributed by atoms with Crippen molar-refractivity contribution in [2.75, 3.05) is 4.72 Å². The first-order valence-electron chi connectivity index (χ1n) is 6.14. The molecule has 0 aliphatic rings. The highest BCUT2D eigenvalue weighted by atomic mass is 32.2. The largest absolute Gasteiger partial charge is 0.366 e. The smallest absolute Gasteiger partial charge is 0.262 e. The van der Waals surface area contributed by atoms with E-state index in [9.17, 15) is 13.2 Å². The number of anilines is 1. The molecule has 0 spiro atoms. The average Bonchev–Trinajstić information content (AvgIpc) is 2.47. The van der Waals surface area contributed by atoms with Gasteiger partial charge in [0.05, 0.1) is 4.90 Å². The van der Waals surface area contributed by atoms with Gasteiger partial charge in [-0.05, 0) is 35.9 Å². The van der Waals surface area contributed by atoms with Gasteiger partial charge < -0.3 is 11.5 Å².